The molecular weight excluding hydrogens is 266 g/mol. The lowest BCUT2D eigenvalue weighted by molar-refractivity contribution is 0.234. The van der Waals surface area contributed by atoms with Gasteiger partial charge in [0.25, 0.3) is 0 Å². The zero-order valence-electron chi connectivity index (χ0n) is 11.0. The lowest BCUT2D eigenvalue weighted by atomic mass is 10.3. The quantitative estimate of drug-likeness (QED) is 0.901. The number of ether oxygens (including phenoxy) is 1. The van der Waals surface area contributed by atoms with Gasteiger partial charge in [0.2, 0.25) is 5.88 Å². The second-order valence-electron chi connectivity index (χ2n) is 4.39. The summed E-state index contributed by atoms with van der Waals surface area (Å²) in [6.45, 7) is 3.66. The maximum absolute atomic E-state index is 13.1. The number of nitrogens with one attached hydrogen (secondary N) is 1. The predicted octanol–water partition coefficient (Wildman–Crippen LogP) is 2.87. The van der Waals surface area contributed by atoms with Gasteiger partial charge in [0, 0.05) is 11.8 Å². The number of benzene rings is 1. The van der Waals surface area contributed by atoms with Crippen LogP contribution in [0.1, 0.15) is 13.8 Å². The Morgan fingerprint density at radius 2 is 1.80 bits per heavy atom. The van der Waals surface area contributed by atoms with Gasteiger partial charge in [0.05, 0.1) is 6.10 Å². The Kier molecular flexibility index (Phi) is 3.97. The number of halogens is 2. The van der Waals surface area contributed by atoms with E-state index < -0.39 is 11.6 Å². The second kappa shape index (κ2) is 5.68. The first-order chi connectivity index (χ1) is 9.45. The molecule has 0 spiro atoms. The van der Waals surface area contributed by atoms with Crippen LogP contribution in [0, 0.1) is 11.6 Å². The van der Waals surface area contributed by atoms with Gasteiger partial charge in [-0.2, -0.15) is 4.98 Å². The van der Waals surface area contributed by atoms with E-state index in [2.05, 4.69) is 15.3 Å². The Balaban J connectivity index is 2.29. The van der Waals surface area contributed by atoms with Crippen molar-refractivity contribution in [1.82, 2.24) is 9.97 Å². The molecule has 5 nitrogen and oxygen atoms in total. The molecule has 0 fully saturated rings. The first-order valence-electron chi connectivity index (χ1n) is 5.96. The summed E-state index contributed by atoms with van der Waals surface area (Å²) in [5.41, 5.74) is 6.23. The maximum Gasteiger partial charge on any atom is 0.242 e. The van der Waals surface area contributed by atoms with Gasteiger partial charge >= 0.3 is 0 Å². The Morgan fingerprint density at radius 1 is 1.15 bits per heavy atom. The number of nitrogens with two attached hydrogens (primary N) is 1. The summed E-state index contributed by atoms with van der Waals surface area (Å²) in [7, 11) is 0. The molecule has 0 amide bonds. The van der Waals surface area contributed by atoms with Gasteiger partial charge in [-0.1, -0.05) is 0 Å². The van der Waals surface area contributed by atoms with Crippen LogP contribution in [0.15, 0.2) is 24.5 Å². The van der Waals surface area contributed by atoms with E-state index in [9.17, 15) is 8.78 Å². The number of nitrogen functional groups attached to an aromatic ring is 1. The SMILES string of the molecule is CC(C)Oc1ncnc(Nc2cc(F)cc(F)c2)c1N. The molecule has 3 N–H and O–H groups in total. The van der Waals surface area contributed by atoms with Crippen molar-refractivity contribution in [3.8, 4) is 5.88 Å². The number of rotatable bonds is 4. The lowest BCUT2D eigenvalue weighted by Crippen LogP contribution is -2.10. The van der Waals surface area contributed by atoms with Crippen LogP contribution in [0.4, 0.5) is 26.0 Å². The molecule has 0 unspecified atom stereocenters. The first-order valence-corrected chi connectivity index (χ1v) is 5.96. The van der Waals surface area contributed by atoms with Crippen molar-refractivity contribution in [1.29, 1.82) is 0 Å². The Bertz CT molecular complexity index is 599. The van der Waals surface area contributed by atoms with Gasteiger partial charge in [-0.15, -0.1) is 0 Å². The number of nitrogens with zero attached hydrogens (tertiary/aromatic N) is 2. The van der Waals surface area contributed by atoms with Crippen molar-refractivity contribution >= 4 is 17.2 Å². The minimum absolute atomic E-state index is 0.105. The fourth-order valence-electron chi connectivity index (χ4n) is 1.56. The molecule has 0 atom stereocenters. The Hall–Kier alpha value is -2.44. The number of hydrogen-bond donors (Lipinski definition) is 2. The van der Waals surface area contributed by atoms with E-state index in [0.29, 0.717) is 0 Å². The van der Waals surface area contributed by atoms with Crippen LogP contribution in [0.25, 0.3) is 0 Å². The van der Waals surface area contributed by atoms with Crippen LogP contribution >= 0.6 is 0 Å². The lowest BCUT2D eigenvalue weighted by Gasteiger charge is -2.13. The van der Waals surface area contributed by atoms with Crippen LogP contribution in [0.3, 0.4) is 0 Å². The second-order valence-corrected chi connectivity index (χ2v) is 4.39. The molecule has 0 radical (unpaired) electrons. The van der Waals surface area contributed by atoms with Crippen molar-refractivity contribution in [2.24, 2.45) is 0 Å². The zero-order chi connectivity index (χ0) is 14.7. The fourth-order valence-corrected chi connectivity index (χ4v) is 1.56. The summed E-state index contributed by atoms with van der Waals surface area (Å²) in [5.74, 6) is -0.951. The van der Waals surface area contributed by atoms with Crippen molar-refractivity contribution < 1.29 is 13.5 Å². The Morgan fingerprint density at radius 3 is 2.40 bits per heavy atom. The topological polar surface area (TPSA) is 73.1 Å². The summed E-state index contributed by atoms with van der Waals surface area (Å²) >= 11 is 0. The minimum Gasteiger partial charge on any atom is -0.473 e. The average molecular weight is 280 g/mol. The molecule has 2 rings (SSSR count). The van der Waals surface area contributed by atoms with Gasteiger partial charge in [-0.3, -0.25) is 0 Å². The smallest absolute Gasteiger partial charge is 0.242 e. The van der Waals surface area contributed by atoms with Crippen molar-refractivity contribution in [3.63, 3.8) is 0 Å². The van der Waals surface area contributed by atoms with E-state index in [0.717, 1.165) is 18.2 Å². The molecule has 20 heavy (non-hydrogen) atoms. The van der Waals surface area contributed by atoms with Gasteiger partial charge in [0.15, 0.2) is 5.82 Å². The third-order valence-corrected chi connectivity index (χ3v) is 2.32. The third kappa shape index (κ3) is 3.31. The van der Waals surface area contributed by atoms with E-state index in [-0.39, 0.29) is 29.2 Å². The zero-order valence-corrected chi connectivity index (χ0v) is 11.0. The predicted molar refractivity (Wildman–Crippen MR) is 71.8 cm³/mol. The number of aromatic nitrogens is 2. The molecule has 2 aromatic rings. The van der Waals surface area contributed by atoms with E-state index >= 15 is 0 Å². The van der Waals surface area contributed by atoms with Crippen molar-refractivity contribution in [2.45, 2.75) is 20.0 Å². The first kappa shape index (κ1) is 14.0. The van der Waals surface area contributed by atoms with Crippen molar-refractivity contribution in [3.05, 3.63) is 36.2 Å². The highest BCUT2D eigenvalue weighted by Crippen LogP contribution is 2.28. The third-order valence-electron chi connectivity index (χ3n) is 2.32. The molecule has 0 saturated carbocycles. The summed E-state index contributed by atoms with van der Waals surface area (Å²) in [6, 6.07) is 3.04. The highest BCUT2D eigenvalue weighted by Gasteiger charge is 2.11. The Labute approximate surface area is 114 Å². The highest BCUT2D eigenvalue weighted by molar-refractivity contribution is 5.72. The van der Waals surface area contributed by atoms with Crippen LogP contribution in [0.5, 0.6) is 5.88 Å². The maximum atomic E-state index is 13.1. The summed E-state index contributed by atoms with van der Waals surface area (Å²) in [5, 5.41) is 2.73. The average Bonchev–Trinajstić information content (AvgIpc) is 2.32. The minimum atomic E-state index is -0.696. The fraction of sp³-hybridized carbons (Fsp3) is 0.231. The number of hydrogen-bond acceptors (Lipinski definition) is 5. The van der Waals surface area contributed by atoms with Gasteiger partial charge < -0.3 is 15.8 Å². The summed E-state index contributed by atoms with van der Waals surface area (Å²) < 4.78 is 31.6. The monoisotopic (exact) mass is 280 g/mol. The van der Waals surface area contributed by atoms with Crippen LogP contribution in [0.2, 0.25) is 0 Å². The number of anilines is 3. The molecule has 1 aromatic heterocycles. The molecule has 0 bridgehead atoms. The standard InChI is InChI=1S/C13H14F2N4O/c1-7(2)20-13-11(16)12(17-6-18-13)19-10-4-8(14)3-9(15)5-10/h3-7H,16H2,1-2H3,(H,17,18,19). The molecule has 0 aliphatic rings. The van der Waals surface area contributed by atoms with E-state index in [1.165, 1.54) is 6.33 Å². The van der Waals surface area contributed by atoms with Crippen LogP contribution in [-0.2, 0) is 0 Å². The van der Waals surface area contributed by atoms with E-state index in [4.69, 9.17) is 10.5 Å². The molecule has 1 heterocycles. The van der Waals surface area contributed by atoms with Gasteiger partial charge in [-0.05, 0) is 26.0 Å². The largest absolute Gasteiger partial charge is 0.473 e. The molecule has 0 saturated heterocycles. The summed E-state index contributed by atoms with van der Waals surface area (Å²) in [4.78, 5) is 7.84. The molecule has 1 aromatic carbocycles. The normalized spacial score (nSPS) is 10.7. The van der Waals surface area contributed by atoms with Gasteiger partial charge in [-0.25, -0.2) is 13.8 Å². The van der Waals surface area contributed by atoms with Crippen LogP contribution < -0.4 is 15.8 Å². The van der Waals surface area contributed by atoms with Crippen molar-refractivity contribution in [2.75, 3.05) is 11.1 Å². The molecular formula is C13H14F2N4O. The van der Waals surface area contributed by atoms with E-state index in [1.54, 1.807) is 0 Å². The molecule has 106 valence electrons. The highest BCUT2D eigenvalue weighted by atomic mass is 19.1. The molecule has 0 aliphatic heterocycles. The summed E-state index contributed by atoms with van der Waals surface area (Å²) in [6.07, 6.45) is 1.15. The van der Waals surface area contributed by atoms with Gasteiger partial charge in [0.1, 0.15) is 23.6 Å². The molecule has 7 heteroatoms. The van der Waals surface area contributed by atoms with Crippen LogP contribution in [-0.4, -0.2) is 16.1 Å². The van der Waals surface area contributed by atoms with E-state index in [1.807, 2.05) is 13.8 Å². The molecule has 0 aliphatic carbocycles.